The Morgan fingerprint density at radius 3 is 2.69 bits per heavy atom. The summed E-state index contributed by atoms with van der Waals surface area (Å²) >= 11 is 0. The van der Waals surface area contributed by atoms with Gasteiger partial charge in [0.15, 0.2) is 0 Å². The molecular formula is C24H27N3O2. The molecule has 3 aromatic rings. The van der Waals surface area contributed by atoms with Crippen LogP contribution < -0.4 is 5.32 Å². The molecule has 2 amide bonds. The number of H-pyrrole nitrogens is 1. The molecule has 29 heavy (non-hydrogen) atoms. The van der Waals surface area contributed by atoms with Gasteiger partial charge in [-0.2, -0.15) is 0 Å². The van der Waals surface area contributed by atoms with E-state index in [1.807, 2.05) is 53.6 Å². The van der Waals surface area contributed by atoms with Crippen LogP contribution in [0.25, 0.3) is 10.9 Å². The number of fused-ring (bicyclic) bond motifs is 1. The first-order valence-electron chi connectivity index (χ1n) is 10.4. The molecule has 5 nitrogen and oxygen atoms in total. The highest BCUT2D eigenvalue weighted by Gasteiger charge is 2.18. The minimum atomic E-state index is 0.0167. The third-order valence-corrected chi connectivity index (χ3v) is 5.60. The van der Waals surface area contributed by atoms with Gasteiger partial charge < -0.3 is 15.2 Å². The van der Waals surface area contributed by atoms with Gasteiger partial charge in [0, 0.05) is 48.7 Å². The summed E-state index contributed by atoms with van der Waals surface area (Å²) in [7, 11) is 0. The molecule has 150 valence electrons. The molecule has 1 fully saturated rings. The number of amides is 2. The minimum Gasteiger partial charge on any atom is -0.361 e. The maximum Gasteiger partial charge on any atom is 0.253 e. The topological polar surface area (TPSA) is 65.2 Å². The van der Waals surface area contributed by atoms with Crippen LogP contribution in [-0.2, 0) is 17.8 Å². The van der Waals surface area contributed by atoms with Crippen LogP contribution in [0.3, 0.4) is 0 Å². The zero-order chi connectivity index (χ0) is 20.1. The van der Waals surface area contributed by atoms with Gasteiger partial charge in [-0.1, -0.05) is 30.3 Å². The summed E-state index contributed by atoms with van der Waals surface area (Å²) in [5, 5.41) is 4.15. The van der Waals surface area contributed by atoms with Crippen molar-refractivity contribution in [3.05, 3.63) is 71.4 Å². The number of aromatic nitrogens is 1. The van der Waals surface area contributed by atoms with Gasteiger partial charge in [-0.3, -0.25) is 9.59 Å². The summed E-state index contributed by atoms with van der Waals surface area (Å²) < 4.78 is 0. The first-order valence-corrected chi connectivity index (χ1v) is 10.4. The predicted octanol–water partition coefficient (Wildman–Crippen LogP) is 4.04. The molecule has 0 saturated carbocycles. The molecule has 0 radical (unpaired) electrons. The Labute approximate surface area is 171 Å². The smallest absolute Gasteiger partial charge is 0.253 e. The highest BCUT2D eigenvalue weighted by Crippen LogP contribution is 2.19. The summed E-state index contributed by atoms with van der Waals surface area (Å²) in [4.78, 5) is 30.2. The lowest BCUT2D eigenvalue weighted by Gasteiger charge is -2.26. The van der Waals surface area contributed by atoms with Crippen LogP contribution in [0.15, 0.2) is 54.7 Å². The van der Waals surface area contributed by atoms with Crippen molar-refractivity contribution in [1.29, 1.82) is 0 Å². The molecule has 0 atom stereocenters. The van der Waals surface area contributed by atoms with Crippen molar-refractivity contribution in [2.45, 2.75) is 38.6 Å². The SMILES string of the molecule is O=C(CCc1c[nH]c2ccccc12)NCc1cccc(C(=O)N2CCCCC2)c1. The molecule has 1 aromatic heterocycles. The van der Waals surface area contributed by atoms with E-state index in [2.05, 4.69) is 16.4 Å². The van der Waals surface area contributed by atoms with Crippen molar-refractivity contribution < 1.29 is 9.59 Å². The van der Waals surface area contributed by atoms with Crippen LogP contribution >= 0.6 is 0 Å². The Morgan fingerprint density at radius 2 is 1.83 bits per heavy atom. The molecule has 0 bridgehead atoms. The number of aromatic amines is 1. The number of nitrogens with one attached hydrogen (secondary N) is 2. The summed E-state index contributed by atoms with van der Waals surface area (Å²) in [6.07, 6.45) is 6.48. The van der Waals surface area contributed by atoms with E-state index in [9.17, 15) is 9.59 Å². The average molecular weight is 389 g/mol. The number of piperidine rings is 1. The number of nitrogens with zero attached hydrogens (tertiary/aromatic N) is 1. The van der Waals surface area contributed by atoms with Gasteiger partial charge >= 0.3 is 0 Å². The normalized spacial score (nSPS) is 14.1. The number of rotatable bonds is 6. The predicted molar refractivity (Wildman–Crippen MR) is 115 cm³/mol. The van der Waals surface area contributed by atoms with E-state index in [1.165, 1.54) is 11.8 Å². The highest BCUT2D eigenvalue weighted by molar-refractivity contribution is 5.94. The molecule has 2 N–H and O–H groups in total. The number of carbonyl (C=O) groups excluding carboxylic acids is 2. The zero-order valence-electron chi connectivity index (χ0n) is 16.6. The van der Waals surface area contributed by atoms with Crippen molar-refractivity contribution >= 4 is 22.7 Å². The minimum absolute atomic E-state index is 0.0167. The van der Waals surface area contributed by atoms with Crippen LogP contribution in [-0.4, -0.2) is 34.8 Å². The Balaban J connectivity index is 1.30. The highest BCUT2D eigenvalue weighted by atomic mass is 16.2. The summed E-state index contributed by atoms with van der Waals surface area (Å²) in [5.41, 5.74) is 3.91. The van der Waals surface area contributed by atoms with E-state index < -0.39 is 0 Å². The number of carbonyl (C=O) groups is 2. The third-order valence-electron chi connectivity index (χ3n) is 5.60. The second-order valence-corrected chi connectivity index (χ2v) is 7.69. The molecule has 1 aliphatic heterocycles. The molecule has 1 aliphatic rings. The fraction of sp³-hybridized carbons (Fsp3) is 0.333. The fourth-order valence-corrected chi connectivity index (χ4v) is 3.97. The molecule has 5 heteroatoms. The Hall–Kier alpha value is -3.08. The van der Waals surface area contributed by atoms with Gasteiger partial charge in [-0.15, -0.1) is 0 Å². The first kappa shape index (κ1) is 19.2. The lowest BCUT2D eigenvalue weighted by Crippen LogP contribution is -2.35. The zero-order valence-corrected chi connectivity index (χ0v) is 16.6. The van der Waals surface area contributed by atoms with Crippen LogP contribution in [0.1, 0.15) is 47.2 Å². The standard InChI is InChI=1S/C24H27N3O2/c28-23(12-11-20-17-25-22-10-3-2-9-21(20)22)26-16-18-7-6-8-19(15-18)24(29)27-13-4-1-5-14-27/h2-3,6-10,15,17,25H,1,4-5,11-14,16H2,(H,26,28). The molecule has 4 rings (SSSR count). The van der Waals surface area contributed by atoms with Crippen LogP contribution in [0.5, 0.6) is 0 Å². The second-order valence-electron chi connectivity index (χ2n) is 7.69. The quantitative estimate of drug-likeness (QED) is 0.668. The van der Waals surface area contributed by atoms with Gasteiger partial charge in [0.2, 0.25) is 5.91 Å². The first-order chi connectivity index (χ1) is 14.2. The lowest BCUT2D eigenvalue weighted by molar-refractivity contribution is -0.121. The van der Waals surface area contributed by atoms with E-state index in [0.29, 0.717) is 24.9 Å². The van der Waals surface area contributed by atoms with E-state index in [-0.39, 0.29) is 11.8 Å². The number of hydrogen-bond acceptors (Lipinski definition) is 2. The van der Waals surface area contributed by atoms with Crippen molar-refractivity contribution in [2.24, 2.45) is 0 Å². The number of hydrogen-bond donors (Lipinski definition) is 2. The second kappa shape index (κ2) is 8.95. The Bertz CT molecular complexity index is 1000. The van der Waals surface area contributed by atoms with Gasteiger partial charge in [0.05, 0.1) is 0 Å². The van der Waals surface area contributed by atoms with E-state index >= 15 is 0 Å². The van der Waals surface area contributed by atoms with Crippen molar-refractivity contribution in [1.82, 2.24) is 15.2 Å². The van der Waals surface area contributed by atoms with Crippen LogP contribution in [0.4, 0.5) is 0 Å². The summed E-state index contributed by atoms with van der Waals surface area (Å²) in [6.45, 7) is 2.12. The number of para-hydroxylation sites is 1. The largest absolute Gasteiger partial charge is 0.361 e. The summed E-state index contributed by atoms with van der Waals surface area (Å²) in [5.74, 6) is 0.111. The third kappa shape index (κ3) is 4.67. The van der Waals surface area contributed by atoms with Gasteiger partial charge in [-0.25, -0.2) is 0 Å². The lowest BCUT2D eigenvalue weighted by atomic mass is 10.1. The van der Waals surface area contributed by atoms with Gasteiger partial charge in [0.1, 0.15) is 0 Å². The van der Waals surface area contributed by atoms with E-state index in [1.54, 1.807) is 0 Å². The number of likely N-dealkylation sites (tertiary alicyclic amines) is 1. The maximum atomic E-state index is 12.7. The number of benzene rings is 2. The van der Waals surface area contributed by atoms with Crippen LogP contribution in [0.2, 0.25) is 0 Å². The molecule has 0 unspecified atom stereocenters. The average Bonchev–Trinajstić information content (AvgIpc) is 3.20. The van der Waals surface area contributed by atoms with Crippen LogP contribution in [0, 0.1) is 0 Å². The molecule has 1 saturated heterocycles. The van der Waals surface area contributed by atoms with Crippen molar-refractivity contribution in [3.63, 3.8) is 0 Å². The van der Waals surface area contributed by atoms with E-state index in [0.717, 1.165) is 42.6 Å². The monoisotopic (exact) mass is 389 g/mol. The van der Waals surface area contributed by atoms with Crippen molar-refractivity contribution in [3.8, 4) is 0 Å². The molecular weight excluding hydrogens is 362 g/mol. The summed E-state index contributed by atoms with van der Waals surface area (Å²) in [6, 6.07) is 15.7. The molecule has 2 heterocycles. The Kier molecular flexibility index (Phi) is 5.94. The molecule has 0 aliphatic carbocycles. The van der Waals surface area contributed by atoms with Gasteiger partial charge in [-0.05, 0) is 55.0 Å². The Morgan fingerprint density at radius 1 is 1.00 bits per heavy atom. The molecule has 2 aromatic carbocycles. The maximum absolute atomic E-state index is 12.7. The van der Waals surface area contributed by atoms with Crippen molar-refractivity contribution in [2.75, 3.05) is 13.1 Å². The van der Waals surface area contributed by atoms with Gasteiger partial charge in [0.25, 0.3) is 5.91 Å². The van der Waals surface area contributed by atoms with E-state index in [4.69, 9.17) is 0 Å². The fourth-order valence-electron chi connectivity index (χ4n) is 3.97. The number of aryl methyl sites for hydroxylation is 1. The molecule has 0 spiro atoms.